The average molecular weight is 256 g/mol. The molecule has 4 nitrogen and oxygen atoms in total. The standard InChI is InChI=1S/C13H21FN2O2/c1-5-6-10(14)13(7-15)8-16(9-13)11(17)18-12(2,3)4/h10H,5-6,8-9H2,1-4H3. The molecule has 1 heterocycles. The summed E-state index contributed by atoms with van der Waals surface area (Å²) in [5.74, 6) is 0. The third-order valence-corrected chi connectivity index (χ3v) is 2.96. The van der Waals surface area contributed by atoms with Gasteiger partial charge in [0, 0.05) is 13.1 Å². The molecule has 0 aliphatic carbocycles. The van der Waals surface area contributed by atoms with Crippen LogP contribution in [0.1, 0.15) is 40.5 Å². The van der Waals surface area contributed by atoms with Crippen molar-refractivity contribution in [3.05, 3.63) is 0 Å². The maximum Gasteiger partial charge on any atom is 0.410 e. The molecule has 1 fully saturated rings. The van der Waals surface area contributed by atoms with Gasteiger partial charge in [0.15, 0.2) is 0 Å². The van der Waals surface area contributed by atoms with E-state index < -0.39 is 23.3 Å². The highest BCUT2D eigenvalue weighted by Gasteiger charge is 2.52. The lowest BCUT2D eigenvalue weighted by Crippen LogP contribution is -2.62. The van der Waals surface area contributed by atoms with Crippen LogP contribution in [-0.4, -0.2) is 35.9 Å². The van der Waals surface area contributed by atoms with Crippen LogP contribution in [-0.2, 0) is 4.74 Å². The first-order chi connectivity index (χ1) is 8.24. The van der Waals surface area contributed by atoms with E-state index in [1.54, 1.807) is 20.8 Å². The van der Waals surface area contributed by atoms with Gasteiger partial charge in [0.25, 0.3) is 0 Å². The van der Waals surface area contributed by atoms with Gasteiger partial charge in [-0.1, -0.05) is 13.3 Å². The summed E-state index contributed by atoms with van der Waals surface area (Å²) in [5, 5.41) is 9.10. The summed E-state index contributed by atoms with van der Waals surface area (Å²) in [7, 11) is 0. The number of likely N-dealkylation sites (tertiary alicyclic amines) is 1. The predicted octanol–water partition coefficient (Wildman–Crippen LogP) is 2.89. The van der Waals surface area contributed by atoms with Crippen molar-refractivity contribution in [3.63, 3.8) is 0 Å². The van der Waals surface area contributed by atoms with Crippen LogP contribution >= 0.6 is 0 Å². The lowest BCUT2D eigenvalue weighted by molar-refractivity contribution is -0.0423. The highest BCUT2D eigenvalue weighted by Crippen LogP contribution is 2.38. The van der Waals surface area contributed by atoms with E-state index in [0.29, 0.717) is 12.8 Å². The van der Waals surface area contributed by atoms with Gasteiger partial charge in [-0.3, -0.25) is 0 Å². The Morgan fingerprint density at radius 3 is 2.50 bits per heavy atom. The molecule has 1 unspecified atom stereocenters. The molecule has 1 aliphatic rings. The predicted molar refractivity (Wildman–Crippen MR) is 65.7 cm³/mol. The van der Waals surface area contributed by atoms with Crippen molar-refractivity contribution in [1.29, 1.82) is 5.26 Å². The smallest absolute Gasteiger partial charge is 0.410 e. The van der Waals surface area contributed by atoms with Gasteiger partial charge in [0.2, 0.25) is 0 Å². The molecule has 5 heteroatoms. The highest BCUT2D eigenvalue weighted by molar-refractivity contribution is 5.69. The number of alkyl halides is 1. The van der Waals surface area contributed by atoms with Crippen LogP contribution < -0.4 is 0 Å². The minimum atomic E-state index is -1.17. The average Bonchev–Trinajstić information content (AvgIpc) is 2.14. The molecule has 1 atom stereocenters. The fourth-order valence-corrected chi connectivity index (χ4v) is 1.96. The fourth-order valence-electron chi connectivity index (χ4n) is 1.96. The molecule has 1 saturated heterocycles. The molecule has 0 saturated carbocycles. The number of nitrogens with zero attached hydrogens (tertiary/aromatic N) is 2. The van der Waals surface area contributed by atoms with Gasteiger partial charge in [0.05, 0.1) is 6.07 Å². The van der Waals surface area contributed by atoms with Crippen LogP contribution in [0.2, 0.25) is 0 Å². The van der Waals surface area contributed by atoms with Gasteiger partial charge in [-0.2, -0.15) is 5.26 Å². The Morgan fingerprint density at radius 1 is 1.56 bits per heavy atom. The third kappa shape index (κ3) is 3.12. The monoisotopic (exact) mass is 256 g/mol. The second kappa shape index (κ2) is 5.13. The van der Waals surface area contributed by atoms with Crippen LogP contribution in [0.25, 0.3) is 0 Å². The van der Waals surface area contributed by atoms with Crippen LogP contribution in [0, 0.1) is 16.7 Å². The minimum Gasteiger partial charge on any atom is -0.444 e. The van der Waals surface area contributed by atoms with Gasteiger partial charge in [-0.15, -0.1) is 0 Å². The van der Waals surface area contributed by atoms with Crippen molar-refractivity contribution in [3.8, 4) is 6.07 Å². The number of carbonyl (C=O) groups is 1. The Morgan fingerprint density at radius 2 is 2.11 bits per heavy atom. The Kier molecular flexibility index (Phi) is 4.20. The molecule has 102 valence electrons. The summed E-state index contributed by atoms with van der Waals surface area (Å²) in [6, 6.07) is 2.02. The number of nitriles is 1. The fraction of sp³-hybridized carbons (Fsp3) is 0.846. The van der Waals surface area contributed by atoms with Crippen LogP contribution in [0.3, 0.4) is 0 Å². The first-order valence-corrected chi connectivity index (χ1v) is 6.27. The van der Waals surface area contributed by atoms with Crippen molar-refractivity contribution < 1.29 is 13.9 Å². The molecule has 18 heavy (non-hydrogen) atoms. The molecular formula is C13H21FN2O2. The van der Waals surface area contributed by atoms with Crippen LogP contribution in [0.15, 0.2) is 0 Å². The zero-order chi connectivity index (χ0) is 14.0. The van der Waals surface area contributed by atoms with E-state index in [1.165, 1.54) is 4.90 Å². The zero-order valence-electron chi connectivity index (χ0n) is 11.5. The second-order valence-corrected chi connectivity index (χ2v) is 5.86. The summed E-state index contributed by atoms with van der Waals surface area (Å²) in [6.07, 6.45) is -0.601. The molecule has 0 aromatic rings. The molecule has 1 amide bonds. The van der Waals surface area contributed by atoms with E-state index in [0.717, 1.165) is 0 Å². The van der Waals surface area contributed by atoms with Crippen molar-refractivity contribution in [1.82, 2.24) is 4.90 Å². The van der Waals surface area contributed by atoms with E-state index in [2.05, 4.69) is 0 Å². The Labute approximate surface area is 108 Å². The Hall–Kier alpha value is -1.31. The molecule has 0 spiro atoms. The molecular weight excluding hydrogens is 235 g/mol. The quantitative estimate of drug-likeness (QED) is 0.780. The van der Waals surface area contributed by atoms with E-state index >= 15 is 0 Å². The molecule has 1 rings (SSSR count). The summed E-state index contributed by atoms with van der Waals surface area (Å²) in [5.41, 5.74) is -1.60. The highest BCUT2D eigenvalue weighted by atomic mass is 19.1. The van der Waals surface area contributed by atoms with Crippen LogP contribution in [0.5, 0.6) is 0 Å². The lowest BCUT2D eigenvalue weighted by Gasteiger charge is -2.46. The van der Waals surface area contributed by atoms with Crippen molar-refractivity contribution in [2.45, 2.75) is 52.3 Å². The van der Waals surface area contributed by atoms with Gasteiger partial charge < -0.3 is 9.64 Å². The molecule has 0 radical (unpaired) electrons. The minimum absolute atomic E-state index is 0.125. The van der Waals surface area contributed by atoms with Gasteiger partial charge in [-0.05, 0) is 27.2 Å². The number of amides is 1. The van der Waals surface area contributed by atoms with E-state index in [-0.39, 0.29) is 13.1 Å². The van der Waals surface area contributed by atoms with E-state index in [1.807, 2.05) is 13.0 Å². The summed E-state index contributed by atoms with van der Waals surface area (Å²) >= 11 is 0. The molecule has 0 aromatic carbocycles. The number of halogens is 1. The summed E-state index contributed by atoms with van der Waals surface area (Å²) in [6.45, 7) is 7.45. The van der Waals surface area contributed by atoms with Gasteiger partial charge in [-0.25, -0.2) is 9.18 Å². The third-order valence-electron chi connectivity index (χ3n) is 2.96. The number of hydrogen-bond acceptors (Lipinski definition) is 3. The number of hydrogen-bond donors (Lipinski definition) is 0. The number of carbonyl (C=O) groups excluding carboxylic acids is 1. The van der Waals surface area contributed by atoms with Crippen molar-refractivity contribution in [2.75, 3.05) is 13.1 Å². The van der Waals surface area contributed by atoms with Crippen molar-refractivity contribution >= 4 is 6.09 Å². The number of rotatable bonds is 3. The molecule has 1 aliphatic heterocycles. The molecule has 0 N–H and O–H groups in total. The molecule has 0 aromatic heterocycles. The van der Waals surface area contributed by atoms with E-state index in [4.69, 9.17) is 10.00 Å². The van der Waals surface area contributed by atoms with Crippen LogP contribution in [0.4, 0.5) is 9.18 Å². The van der Waals surface area contributed by atoms with Gasteiger partial charge in [0.1, 0.15) is 17.2 Å². The first kappa shape index (κ1) is 14.7. The Balaban J connectivity index is 2.55. The Bertz CT molecular complexity index is 351. The molecule has 0 bridgehead atoms. The zero-order valence-corrected chi connectivity index (χ0v) is 11.5. The largest absolute Gasteiger partial charge is 0.444 e. The van der Waals surface area contributed by atoms with E-state index in [9.17, 15) is 9.18 Å². The second-order valence-electron chi connectivity index (χ2n) is 5.86. The first-order valence-electron chi connectivity index (χ1n) is 6.27. The summed E-state index contributed by atoms with van der Waals surface area (Å²) in [4.78, 5) is 13.1. The summed E-state index contributed by atoms with van der Waals surface area (Å²) < 4.78 is 19.1. The maximum atomic E-state index is 13.9. The number of ether oxygens (including phenoxy) is 1. The maximum absolute atomic E-state index is 13.9. The van der Waals surface area contributed by atoms with Crippen molar-refractivity contribution in [2.24, 2.45) is 5.41 Å². The SMILES string of the molecule is CCCC(F)C1(C#N)CN(C(=O)OC(C)(C)C)C1. The normalized spacial score (nSPS) is 19.7. The van der Waals surface area contributed by atoms with Gasteiger partial charge >= 0.3 is 6.09 Å². The topological polar surface area (TPSA) is 53.3 Å². The lowest BCUT2D eigenvalue weighted by atomic mass is 9.75.